The minimum atomic E-state index is -3.61. The monoisotopic (exact) mass is 368 g/mol. The van der Waals surface area contributed by atoms with Crippen LogP contribution in [0.1, 0.15) is 13.8 Å². The lowest BCUT2D eigenvalue weighted by Gasteiger charge is -2.14. The maximum Gasteiger partial charge on any atom is 0.327 e. The molecule has 0 saturated carbocycles. The second-order valence-electron chi connectivity index (χ2n) is 5.97. The predicted octanol–water partition coefficient (Wildman–Crippen LogP) is 0.206. The van der Waals surface area contributed by atoms with Gasteiger partial charge in [-0.05, 0) is 38.1 Å². The highest BCUT2D eigenvalue weighted by molar-refractivity contribution is 7.89. The second kappa shape index (κ2) is 7.19. The van der Waals surface area contributed by atoms with Crippen LogP contribution in [0, 0.1) is 0 Å². The zero-order valence-corrected chi connectivity index (χ0v) is 15.0. The smallest absolute Gasteiger partial charge is 0.325 e. The number of nitrogens with one attached hydrogen (secondary N) is 2. The van der Waals surface area contributed by atoms with E-state index in [1.54, 1.807) is 13.8 Å². The molecule has 0 spiro atoms. The van der Waals surface area contributed by atoms with Crippen molar-refractivity contribution in [1.82, 2.24) is 14.5 Å². The van der Waals surface area contributed by atoms with Gasteiger partial charge in [0.1, 0.15) is 13.1 Å². The van der Waals surface area contributed by atoms with Gasteiger partial charge in [0.15, 0.2) is 0 Å². The SMILES string of the molecule is CC(C)NS(=O)(=O)c1ccc(NC(=O)CN2C(=O)CN(C)C2=O)cc1. The Bertz CT molecular complexity index is 789. The highest BCUT2D eigenvalue weighted by Gasteiger charge is 2.34. The van der Waals surface area contributed by atoms with Crippen molar-refractivity contribution in [3.05, 3.63) is 24.3 Å². The van der Waals surface area contributed by atoms with Gasteiger partial charge in [-0.3, -0.25) is 14.5 Å². The molecule has 1 heterocycles. The molecule has 2 rings (SSSR count). The molecule has 4 amide bonds. The predicted molar refractivity (Wildman–Crippen MR) is 90.3 cm³/mol. The molecule has 0 atom stereocenters. The van der Waals surface area contributed by atoms with Crippen LogP contribution in [0.25, 0.3) is 0 Å². The van der Waals surface area contributed by atoms with E-state index in [4.69, 9.17) is 0 Å². The van der Waals surface area contributed by atoms with E-state index >= 15 is 0 Å². The van der Waals surface area contributed by atoms with Crippen molar-refractivity contribution in [2.45, 2.75) is 24.8 Å². The Morgan fingerprint density at radius 1 is 1.20 bits per heavy atom. The summed E-state index contributed by atoms with van der Waals surface area (Å²) in [6, 6.07) is 4.83. The maximum atomic E-state index is 12.0. The Balaban J connectivity index is 2.00. The van der Waals surface area contributed by atoms with Gasteiger partial charge in [0.25, 0.3) is 5.91 Å². The van der Waals surface area contributed by atoms with E-state index in [1.807, 2.05) is 0 Å². The number of hydrogen-bond donors (Lipinski definition) is 2. The Morgan fingerprint density at radius 3 is 2.28 bits per heavy atom. The largest absolute Gasteiger partial charge is 0.327 e. The van der Waals surface area contributed by atoms with Crippen LogP contribution in [0.4, 0.5) is 10.5 Å². The van der Waals surface area contributed by atoms with Crippen LogP contribution >= 0.6 is 0 Å². The first-order valence-electron chi connectivity index (χ1n) is 7.58. The van der Waals surface area contributed by atoms with Gasteiger partial charge in [0.05, 0.1) is 4.90 Å². The number of hydrogen-bond acceptors (Lipinski definition) is 5. The van der Waals surface area contributed by atoms with E-state index in [2.05, 4.69) is 10.0 Å². The second-order valence-corrected chi connectivity index (χ2v) is 7.68. The summed E-state index contributed by atoms with van der Waals surface area (Å²) in [4.78, 5) is 37.5. The Labute approximate surface area is 146 Å². The molecular formula is C15H20N4O5S. The average molecular weight is 368 g/mol. The van der Waals surface area contributed by atoms with Gasteiger partial charge in [0.2, 0.25) is 15.9 Å². The minimum absolute atomic E-state index is 0.0540. The summed E-state index contributed by atoms with van der Waals surface area (Å²) in [5.74, 6) is -0.989. The van der Waals surface area contributed by atoms with Gasteiger partial charge in [-0.25, -0.2) is 17.9 Å². The molecule has 1 aliphatic heterocycles. The van der Waals surface area contributed by atoms with Crippen LogP contribution in [-0.4, -0.2) is 62.2 Å². The van der Waals surface area contributed by atoms with Crippen LogP contribution in [0.2, 0.25) is 0 Å². The summed E-state index contributed by atoms with van der Waals surface area (Å²) >= 11 is 0. The Morgan fingerprint density at radius 2 is 1.80 bits per heavy atom. The van der Waals surface area contributed by atoms with E-state index in [1.165, 1.54) is 36.2 Å². The van der Waals surface area contributed by atoms with Crippen molar-refractivity contribution in [2.75, 3.05) is 25.5 Å². The number of likely N-dealkylation sites (N-methyl/N-ethyl adjacent to an activating group) is 1. The minimum Gasteiger partial charge on any atom is -0.325 e. The standard InChI is InChI=1S/C15H20N4O5S/c1-10(2)17-25(23,24)12-6-4-11(5-7-12)16-13(20)8-19-14(21)9-18(3)15(19)22/h4-7,10,17H,8-9H2,1-3H3,(H,16,20). The van der Waals surface area contributed by atoms with E-state index in [0.717, 1.165) is 4.90 Å². The van der Waals surface area contributed by atoms with Gasteiger partial charge >= 0.3 is 6.03 Å². The van der Waals surface area contributed by atoms with Gasteiger partial charge in [0, 0.05) is 18.8 Å². The number of benzene rings is 1. The van der Waals surface area contributed by atoms with E-state index < -0.39 is 34.4 Å². The van der Waals surface area contributed by atoms with Crippen LogP contribution in [0.3, 0.4) is 0 Å². The zero-order chi connectivity index (χ0) is 18.8. The maximum absolute atomic E-state index is 12.0. The molecular weight excluding hydrogens is 348 g/mol. The molecule has 0 bridgehead atoms. The molecule has 1 aliphatic rings. The van der Waals surface area contributed by atoms with Gasteiger partial charge < -0.3 is 10.2 Å². The van der Waals surface area contributed by atoms with Gasteiger partial charge in [-0.15, -0.1) is 0 Å². The van der Waals surface area contributed by atoms with E-state index in [9.17, 15) is 22.8 Å². The zero-order valence-electron chi connectivity index (χ0n) is 14.1. The summed E-state index contributed by atoms with van der Waals surface area (Å²) in [7, 11) is -2.14. The van der Waals surface area contributed by atoms with Crippen molar-refractivity contribution in [1.29, 1.82) is 0 Å². The molecule has 136 valence electrons. The van der Waals surface area contributed by atoms with Crippen molar-refractivity contribution in [3.8, 4) is 0 Å². The number of sulfonamides is 1. The lowest BCUT2D eigenvalue weighted by Crippen LogP contribution is -2.38. The average Bonchev–Trinajstić information content (AvgIpc) is 2.73. The van der Waals surface area contributed by atoms with Gasteiger partial charge in [-0.1, -0.05) is 0 Å². The highest BCUT2D eigenvalue weighted by atomic mass is 32.2. The van der Waals surface area contributed by atoms with Crippen LogP contribution < -0.4 is 10.0 Å². The fourth-order valence-corrected chi connectivity index (χ4v) is 3.52. The molecule has 9 nitrogen and oxygen atoms in total. The number of carbonyl (C=O) groups excluding carboxylic acids is 3. The van der Waals surface area contributed by atoms with E-state index in [-0.39, 0.29) is 17.5 Å². The van der Waals surface area contributed by atoms with Crippen LogP contribution in [-0.2, 0) is 19.6 Å². The molecule has 1 aromatic rings. The molecule has 0 aliphatic carbocycles. The summed E-state index contributed by atoms with van der Waals surface area (Å²) in [5.41, 5.74) is 0.362. The number of urea groups is 1. The molecule has 1 aromatic carbocycles. The van der Waals surface area contributed by atoms with Gasteiger partial charge in [-0.2, -0.15) is 0 Å². The number of amides is 4. The molecule has 25 heavy (non-hydrogen) atoms. The molecule has 10 heteroatoms. The first-order chi connectivity index (χ1) is 11.6. The first-order valence-corrected chi connectivity index (χ1v) is 9.06. The summed E-state index contributed by atoms with van der Waals surface area (Å²) < 4.78 is 26.5. The Kier molecular flexibility index (Phi) is 5.43. The van der Waals surface area contributed by atoms with Crippen LogP contribution in [0.15, 0.2) is 29.2 Å². The molecule has 0 aromatic heterocycles. The van der Waals surface area contributed by atoms with Crippen molar-refractivity contribution < 1.29 is 22.8 Å². The summed E-state index contributed by atoms with van der Waals surface area (Å²) in [6.45, 7) is 2.98. The number of rotatable bonds is 6. The number of anilines is 1. The first kappa shape index (κ1) is 18.9. The van der Waals surface area contributed by atoms with E-state index in [0.29, 0.717) is 5.69 Å². The third-order valence-electron chi connectivity index (χ3n) is 3.37. The van der Waals surface area contributed by atoms with Crippen molar-refractivity contribution in [3.63, 3.8) is 0 Å². The fourth-order valence-electron chi connectivity index (χ4n) is 2.26. The normalized spacial score (nSPS) is 15.2. The number of nitrogens with zero attached hydrogens (tertiary/aromatic N) is 2. The Hall–Kier alpha value is -2.46. The molecule has 1 saturated heterocycles. The molecule has 0 unspecified atom stereocenters. The molecule has 2 N–H and O–H groups in total. The quantitative estimate of drug-likeness (QED) is 0.696. The fraction of sp³-hybridized carbons (Fsp3) is 0.400. The number of carbonyl (C=O) groups is 3. The third-order valence-corrected chi connectivity index (χ3v) is 5.05. The lowest BCUT2D eigenvalue weighted by molar-refractivity contribution is -0.129. The highest BCUT2D eigenvalue weighted by Crippen LogP contribution is 2.15. The molecule has 1 fully saturated rings. The summed E-state index contributed by atoms with van der Waals surface area (Å²) in [6.07, 6.45) is 0. The number of imide groups is 1. The van der Waals surface area contributed by atoms with Crippen LogP contribution in [0.5, 0.6) is 0 Å². The molecule has 0 radical (unpaired) electrons. The summed E-state index contributed by atoms with van der Waals surface area (Å²) in [5, 5.41) is 2.53. The van der Waals surface area contributed by atoms with Crippen molar-refractivity contribution >= 4 is 33.6 Å². The lowest BCUT2D eigenvalue weighted by atomic mass is 10.3. The third kappa shape index (κ3) is 4.54. The van der Waals surface area contributed by atoms with Crippen molar-refractivity contribution in [2.24, 2.45) is 0 Å². The topological polar surface area (TPSA) is 116 Å².